The number of hydrogen-bond donors (Lipinski definition) is 0. The number of carbonyl (C=O) groups excluding carboxylic acids is 1. The summed E-state index contributed by atoms with van der Waals surface area (Å²) in [7, 11) is 0. The van der Waals surface area contributed by atoms with Crippen molar-refractivity contribution >= 4 is 56.3 Å². The minimum atomic E-state index is -0.542. The van der Waals surface area contributed by atoms with Crippen LogP contribution in [-0.4, -0.2) is 15.4 Å². The molecule has 0 N–H and O–H groups in total. The van der Waals surface area contributed by atoms with Crippen molar-refractivity contribution in [3.8, 4) is 12.3 Å². The van der Waals surface area contributed by atoms with Crippen LogP contribution in [0.25, 0.3) is 10.2 Å². The van der Waals surface area contributed by atoms with E-state index in [2.05, 4.69) is 10.9 Å². The molecule has 0 aliphatic rings. The zero-order valence-electron chi connectivity index (χ0n) is 13.0. The van der Waals surface area contributed by atoms with Crippen LogP contribution in [0.15, 0.2) is 41.4 Å². The fraction of sp³-hybridized carbons (Fsp3) is 0.0588. The molecule has 0 saturated carbocycles. The molecule has 1 amide bonds. The highest BCUT2D eigenvalue weighted by atomic mass is 35.5. The summed E-state index contributed by atoms with van der Waals surface area (Å²) in [6, 6.07) is 8.64. The summed E-state index contributed by atoms with van der Waals surface area (Å²) in [5.74, 6) is 1.96. The van der Waals surface area contributed by atoms with E-state index in [1.807, 2.05) is 0 Å². The van der Waals surface area contributed by atoms with Crippen LogP contribution in [0.3, 0.4) is 0 Å². The van der Waals surface area contributed by atoms with Crippen molar-refractivity contribution in [3.05, 3.63) is 66.9 Å². The standard InChI is InChI=1S/C17H9Cl2N3O3S/c1-2-9-21-15-13(8-7-12(18)14(15)19)26-17(21)20-16(23)10-3-5-11(6-4-10)22(24)25/h1,3-8H,9H2. The average Bonchev–Trinajstić information content (AvgIpc) is 2.96. The maximum atomic E-state index is 12.4. The smallest absolute Gasteiger partial charge is 0.279 e. The molecule has 0 fully saturated rings. The van der Waals surface area contributed by atoms with Crippen LogP contribution in [0.4, 0.5) is 5.69 Å². The normalized spacial score (nSPS) is 11.5. The van der Waals surface area contributed by atoms with Gasteiger partial charge in [0, 0.05) is 17.7 Å². The molecular formula is C17H9Cl2N3O3S. The van der Waals surface area contributed by atoms with Crippen molar-refractivity contribution in [2.75, 3.05) is 0 Å². The Balaban J connectivity index is 2.13. The summed E-state index contributed by atoms with van der Waals surface area (Å²) in [4.78, 5) is 27.1. The lowest BCUT2D eigenvalue weighted by Gasteiger charge is -2.03. The van der Waals surface area contributed by atoms with Gasteiger partial charge in [0.2, 0.25) is 0 Å². The molecule has 0 aliphatic carbocycles. The van der Waals surface area contributed by atoms with Crippen molar-refractivity contribution in [2.45, 2.75) is 6.54 Å². The first-order chi connectivity index (χ1) is 12.4. The number of carbonyl (C=O) groups is 1. The van der Waals surface area contributed by atoms with Crippen molar-refractivity contribution in [1.29, 1.82) is 0 Å². The highest BCUT2D eigenvalue weighted by Crippen LogP contribution is 2.32. The number of terminal acetylenes is 1. The number of benzene rings is 2. The van der Waals surface area contributed by atoms with Gasteiger partial charge in [-0.15, -0.1) is 6.42 Å². The number of nitro groups is 1. The van der Waals surface area contributed by atoms with Gasteiger partial charge < -0.3 is 4.57 Å². The van der Waals surface area contributed by atoms with E-state index in [0.717, 1.165) is 4.70 Å². The summed E-state index contributed by atoms with van der Waals surface area (Å²) in [6.45, 7) is 0.159. The second kappa shape index (κ2) is 7.30. The van der Waals surface area contributed by atoms with E-state index >= 15 is 0 Å². The highest BCUT2D eigenvalue weighted by molar-refractivity contribution is 7.16. The van der Waals surface area contributed by atoms with E-state index in [1.54, 1.807) is 16.7 Å². The zero-order chi connectivity index (χ0) is 18.8. The van der Waals surface area contributed by atoms with Crippen LogP contribution in [0.1, 0.15) is 10.4 Å². The number of thiazole rings is 1. The predicted molar refractivity (Wildman–Crippen MR) is 102 cm³/mol. The lowest BCUT2D eigenvalue weighted by molar-refractivity contribution is -0.384. The van der Waals surface area contributed by atoms with Crippen LogP contribution in [-0.2, 0) is 6.54 Å². The minimum absolute atomic E-state index is 0.104. The third-order valence-corrected chi connectivity index (χ3v) is 5.34. The molecule has 26 heavy (non-hydrogen) atoms. The first-order valence-electron chi connectivity index (χ1n) is 7.16. The van der Waals surface area contributed by atoms with Crippen molar-refractivity contribution in [3.63, 3.8) is 0 Å². The average molecular weight is 406 g/mol. The van der Waals surface area contributed by atoms with Gasteiger partial charge in [-0.1, -0.05) is 40.5 Å². The SMILES string of the molecule is C#CCn1c(=NC(=O)c2ccc([N+](=O)[O-])cc2)sc2ccc(Cl)c(Cl)c21. The predicted octanol–water partition coefficient (Wildman–Crippen LogP) is 4.29. The second-order valence-electron chi connectivity index (χ2n) is 5.10. The highest BCUT2D eigenvalue weighted by Gasteiger charge is 2.14. The number of nitro benzene ring substituents is 1. The van der Waals surface area contributed by atoms with Crippen LogP contribution in [0.2, 0.25) is 10.0 Å². The van der Waals surface area contributed by atoms with Gasteiger partial charge in [-0.25, -0.2) is 0 Å². The minimum Gasteiger partial charge on any atom is -0.303 e. The molecule has 0 atom stereocenters. The largest absolute Gasteiger partial charge is 0.303 e. The van der Waals surface area contributed by atoms with Crippen molar-refractivity contribution in [1.82, 2.24) is 4.57 Å². The fourth-order valence-corrected chi connectivity index (χ4v) is 3.82. The topological polar surface area (TPSA) is 77.5 Å². The van der Waals surface area contributed by atoms with Crippen LogP contribution < -0.4 is 4.80 Å². The Labute approximate surface area is 161 Å². The number of nitrogens with zero attached hydrogens (tertiary/aromatic N) is 3. The van der Waals surface area contributed by atoms with E-state index in [1.165, 1.54) is 35.6 Å². The molecule has 2 aromatic carbocycles. The summed E-state index contributed by atoms with van der Waals surface area (Å²) in [5.41, 5.74) is 0.731. The third-order valence-electron chi connectivity index (χ3n) is 3.51. The van der Waals surface area contributed by atoms with E-state index in [-0.39, 0.29) is 17.8 Å². The fourth-order valence-electron chi connectivity index (χ4n) is 2.30. The van der Waals surface area contributed by atoms with Crippen molar-refractivity contribution in [2.24, 2.45) is 4.99 Å². The molecule has 0 unspecified atom stereocenters. The number of hydrogen-bond acceptors (Lipinski definition) is 4. The van der Waals surface area contributed by atoms with E-state index < -0.39 is 10.8 Å². The Morgan fingerprint density at radius 2 is 1.96 bits per heavy atom. The van der Waals surface area contributed by atoms with Gasteiger partial charge in [-0.2, -0.15) is 4.99 Å². The molecule has 6 nitrogen and oxygen atoms in total. The maximum Gasteiger partial charge on any atom is 0.279 e. The Morgan fingerprint density at radius 1 is 1.27 bits per heavy atom. The van der Waals surface area contributed by atoms with Gasteiger partial charge in [0.15, 0.2) is 4.80 Å². The van der Waals surface area contributed by atoms with Gasteiger partial charge in [0.25, 0.3) is 11.6 Å². The van der Waals surface area contributed by atoms with Crippen molar-refractivity contribution < 1.29 is 9.72 Å². The Morgan fingerprint density at radius 3 is 2.58 bits per heavy atom. The lowest BCUT2D eigenvalue weighted by atomic mass is 10.2. The van der Waals surface area contributed by atoms with Gasteiger partial charge in [-0.3, -0.25) is 14.9 Å². The summed E-state index contributed by atoms with van der Waals surface area (Å²) < 4.78 is 2.42. The molecule has 3 aromatic rings. The Kier molecular flexibility index (Phi) is 5.09. The molecule has 1 aromatic heterocycles. The first-order valence-corrected chi connectivity index (χ1v) is 8.74. The van der Waals surface area contributed by atoms with Gasteiger partial charge in [-0.05, 0) is 24.3 Å². The molecule has 130 valence electrons. The van der Waals surface area contributed by atoms with Crippen LogP contribution >= 0.6 is 34.5 Å². The van der Waals surface area contributed by atoms with Crippen LogP contribution in [0, 0.1) is 22.5 Å². The molecule has 0 radical (unpaired) electrons. The third kappa shape index (κ3) is 3.35. The molecule has 9 heteroatoms. The molecule has 0 saturated heterocycles. The molecule has 3 rings (SSSR count). The number of amides is 1. The van der Waals surface area contributed by atoms with E-state index in [0.29, 0.717) is 20.4 Å². The quantitative estimate of drug-likeness (QED) is 0.370. The van der Waals surface area contributed by atoms with E-state index in [9.17, 15) is 14.9 Å². The van der Waals surface area contributed by atoms with Crippen LogP contribution in [0.5, 0.6) is 0 Å². The Hall–Kier alpha value is -2.66. The monoisotopic (exact) mass is 405 g/mol. The van der Waals surface area contributed by atoms with E-state index in [4.69, 9.17) is 29.6 Å². The lowest BCUT2D eigenvalue weighted by Crippen LogP contribution is -2.16. The summed E-state index contributed by atoms with van der Waals surface area (Å²) >= 11 is 13.6. The summed E-state index contributed by atoms with van der Waals surface area (Å²) in [5, 5.41) is 11.4. The molecule has 1 heterocycles. The van der Waals surface area contributed by atoms with Gasteiger partial charge in [0.1, 0.15) is 0 Å². The number of halogens is 2. The molecule has 0 spiro atoms. The maximum absolute atomic E-state index is 12.4. The number of fused-ring (bicyclic) bond motifs is 1. The number of aromatic nitrogens is 1. The Bertz CT molecular complexity index is 1140. The number of non-ortho nitro benzene ring substituents is 1. The zero-order valence-corrected chi connectivity index (χ0v) is 15.3. The van der Waals surface area contributed by atoms with Gasteiger partial charge >= 0.3 is 0 Å². The molecule has 0 aliphatic heterocycles. The molecule has 0 bridgehead atoms. The molecular weight excluding hydrogens is 397 g/mol. The first kappa shape index (κ1) is 18.1. The second-order valence-corrected chi connectivity index (χ2v) is 6.90. The number of rotatable bonds is 3. The van der Waals surface area contributed by atoms with Gasteiger partial charge in [0.05, 0.1) is 31.7 Å². The summed E-state index contributed by atoms with van der Waals surface area (Å²) in [6.07, 6.45) is 5.42.